The van der Waals surface area contributed by atoms with Gasteiger partial charge in [-0.15, -0.1) is 0 Å². The van der Waals surface area contributed by atoms with Crippen molar-refractivity contribution in [3.8, 4) is 11.1 Å². The van der Waals surface area contributed by atoms with E-state index in [-0.39, 0.29) is 6.42 Å². The minimum Gasteiger partial charge on any atom is -0.480 e. The van der Waals surface area contributed by atoms with Crippen LogP contribution in [0.5, 0.6) is 0 Å². The molecule has 0 amide bonds. The van der Waals surface area contributed by atoms with Crippen molar-refractivity contribution in [2.24, 2.45) is 5.41 Å². The van der Waals surface area contributed by atoms with Crippen molar-refractivity contribution in [3.05, 3.63) is 41.3 Å². The Morgan fingerprint density at radius 2 is 1.63 bits per heavy atom. The van der Waals surface area contributed by atoms with E-state index in [4.69, 9.17) is 9.26 Å². The van der Waals surface area contributed by atoms with Crippen LogP contribution in [0.4, 0.5) is 0 Å². The van der Waals surface area contributed by atoms with Crippen LogP contribution < -0.4 is 0 Å². The number of aliphatic carboxylic acids is 2. The van der Waals surface area contributed by atoms with Crippen molar-refractivity contribution in [1.29, 1.82) is 0 Å². The Morgan fingerprint density at radius 1 is 1.07 bits per heavy atom. The molecule has 0 unspecified atom stereocenters. The lowest BCUT2D eigenvalue weighted by molar-refractivity contribution is -0.173. The molecule has 27 heavy (non-hydrogen) atoms. The van der Waals surface area contributed by atoms with Gasteiger partial charge in [-0.05, 0) is 45.7 Å². The van der Waals surface area contributed by atoms with E-state index in [2.05, 4.69) is 5.16 Å². The molecule has 0 bridgehead atoms. The fourth-order valence-electron chi connectivity index (χ4n) is 2.79. The molecule has 0 aliphatic heterocycles. The van der Waals surface area contributed by atoms with Crippen LogP contribution >= 0.6 is 0 Å². The summed E-state index contributed by atoms with van der Waals surface area (Å²) in [7, 11) is 0. The predicted molar refractivity (Wildman–Crippen MR) is 98.5 cm³/mol. The number of carboxylic acid groups (broad SMARTS) is 2. The number of rotatable bonds is 7. The number of hydrogen-bond donors (Lipinski definition) is 2. The number of aromatic nitrogens is 1. The Hall–Kier alpha value is -2.67. The standard InChI is InChI=1S/C20H25NO6/c1-12-16(13(2)27-21-12)15-8-6-14(7-9-15)10-20(17(22)23,18(24)25)11-26-19(3,4)5/h6-9H,10-11H2,1-5H3,(H,22,23)(H,24,25). The zero-order valence-electron chi connectivity index (χ0n) is 16.2. The number of aryl methyl sites for hydroxylation is 2. The van der Waals surface area contributed by atoms with E-state index < -0.39 is 29.6 Å². The first kappa shape index (κ1) is 20.6. The van der Waals surface area contributed by atoms with Gasteiger partial charge in [-0.3, -0.25) is 9.59 Å². The fraction of sp³-hybridized carbons (Fsp3) is 0.450. The van der Waals surface area contributed by atoms with Gasteiger partial charge in [0.15, 0.2) is 5.41 Å². The van der Waals surface area contributed by atoms with Crippen molar-refractivity contribution >= 4 is 11.9 Å². The number of benzene rings is 1. The molecular weight excluding hydrogens is 350 g/mol. The van der Waals surface area contributed by atoms with Crippen LogP contribution in [0.2, 0.25) is 0 Å². The molecular formula is C20H25NO6. The van der Waals surface area contributed by atoms with Gasteiger partial charge in [-0.25, -0.2) is 0 Å². The average Bonchev–Trinajstić information content (AvgIpc) is 2.89. The first-order valence-corrected chi connectivity index (χ1v) is 8.59. The summed E-state index contributed by atoms with van der Waals surface area (Å²) in [6.45, 7) is 8.48. The van der Waals surface area contributed by atoms with Gasteiger partial charge < -0.3 is 19.5 Å². The summed E-state index contributed by atoms with van der Waals surface area (Å²) in [6, 6.07) is 7.06. The Labute approximate surface area is 157 Å². The van der Waals surface area contributed by atoms with E-state index in [1.165, 1.54) is 0 Å². The molecule has 1 aromatic heterocycles. The molecule has 0 aliphatic rings. The zero-order chi connectivity index (χ0) is 20.4. The Morgan fingerprint density at radius 3 is 2.04 bits per heavy atom. The lowest BCUT2D eigenvalue weighted by atomic mass is 9.82. The summed E-state index contributed by atoms with van der Waals surface area (Å²) in [5.41, 5.74) is 0.385. The first-order valence-electron chi connectivity index (χ1n) is 8.59. The number of ether oxygens (including phenoxy) is 1. The van der Waals surface area contributed by atoms with E-state index in [0.717, 1.165) is 16.8 Å². The molecule has 2 rings (SSSR count). The van der Waals surface area contributed by atoms with Crippen molar-refractivity contribution in [1.82, 2.24) is 5.16 Å². The van der Waals surface area contributed by atoms with Crippen LogP contribution in [-0.2, 0) is 20.7 Å². The zero-order valence-corrected chi connectivity index (χ0v) is 16.2. The maximum atomic E-state index is 11.8. The van der Waals surface area contributed by atoms with E-state index in [1.807, 2.05) is 13.8 Å². The Bertz CT molecular complexity index is 796. The third-order valence-electron chi connectivity index (χ3n) is 4.35. The van der Waals surface area contributed by atoms with E-state index in [9.17, 15) is 19.8 Å². The highest BCUT2D eigenvalue weighted by atomic mass is 16.5. The minimum absolute atomic E-state index is 0.185. The third-order valence-corrected chi connectivity index (χ3v) is 4.35. The van der Waals surface area contributed by atoms with Gasteiger partial charge in [-0.1, -0.05) is 29.4 Å². The van der Waals surface area contributed by atoms with Gasteiger partial charge >= 0.3 is 11.9 Å². The normalized spacial score (nSPS) is 12.2. The first-order chi connectivity index (χ1) is 12.5. The van der Waals surface area contributed by atoms with Gasteiger partial charge in [-0.2, -0.15) is 0 Å². The van der Waals surface area contributed by atoms with Crippen molar-refractivity contribution in [2.75, 3.05) is 6.61 Å². The second-order valence-corrected chi connectivity index (χ2v) is 7.67. The van der Waals surface area contributed by atoms with Crippen molar-refractivity contribution < 1.29 is 29.1 Å². The summed E-state index contributed by atoms with van der Waals surface area (Å²) < 4.78 is 10.7. The van der Waals surface area contributed by atoms with Crippen LogP contribution in [0.3, 0.4) is 0 Å². The molecule has 0 spiro atoms. The maximum Gasteiger partial charge on any atom is 0.323 e. The Balaban J connectivity index is 2.32. The van der Waals surface area contributed by atoms with Gasteiger partial charge in [0, 0.05) is 12.0 Å². The molecule has 0 radical (unpaired) electrons. The molecule has 0 fully saturated rings. The molecule has 7 nitrogen and oxygen atoms in total. The molecule has 2 N–H and O–H groups in total. The second-order valence-electron chi connectivity index (χ2n) is 7.67. The molecule has 0 saturated carbocycles. The maximum absolute atomic E-state index is 11.8. The predicted octanol–water partition coefficient (Wildman–Crippen LogP) is 3.47. The van der Waals surface area contributed by atoms with Crippen LogP contribution in [0.15, 0.2) is 28.8 Å². The van der Waals surface area contributed by atoms with E-state index >= 15 is 0 Å². The Kier molecular flexibility index (Phi) is 5.75. The number of hydrogen-bond acceptors (Lipinski definition) is 5. The second kappa shape index (κ2) is 7.52. The number of carbonyl (C=O) groups is 2. The lowest BCUT2D eigenvalue weighted by Crippen LogP contribution is -2.47. The van der Waals surface area contributed by atoms with Crippen LogP contribution in [0.25, 0.3) is 11.1 Å². The quantitative estimate of drug-likeness (QED) is 0.713. The summed E-state index contributed by atoms with van der Waals surface area (Å²) in [5, 5.41) is 23.2. The van der Waals surface area contributed by atoms with Crippen LogP contribution in [0.1, 0.15) is 37.8 Å². The van der Waals surface area contributed by atoms with Gasteiger partial charge in [0.25, 0.3) is 0 Å². The van der Waals surface area contributed by atoms with Gasteiger partial charge in [0.2, 0.25) is 0 Å². The summed E-state index contributed by atoms with van der Waals surface area (Å²) in [6.07, 6.45) is -0.185. The molecule has 1 heterocycles. The fourth-order valence-corrected chi connectivity index (χ4v) is 2.79. The number of nitrogens with zero attached hydrogens (tertiary/aromatic N) is 1. The molecule has 2 aromatic rings. The molecule has 146 valence electrons. The highest BCUT2D eigenvalue weighted by molar-refractivity contribution is 5.98. The minimum atomic E-state index is -2.06. The van der Waals surface area contributed by atoms with E-state index in [1.54, 1.807) is 45.0 Å². The van der Waals surface area contributed by atoms with Crippen LogP contribution in [0, 0.1) is 19.3 Å². The van der Waals surface area contributed by atoms with Gasteiger partial charge in [0.05, 0.1) is 17.9 Å². The van der Waals surface area contributed by atoms with E-state index in [0.29, 0.717) is 11.3 Å². The average molecular weight is 375 g/mol. The summed E-state index contributed by atoms with van der Waals surface area (Å²) in [4.78, 5) is 23.7. The molecule has 7 heteroatoms. The number of carboxylic acids is 2. The SMILES string of the molecule is Cc1noc(C)c1-c1ccc(CC(COC(C)(C)C)(C(=O)O)C(=O)O)cc1. The topological polar surface area (TPSA) is 110 Å². The van der Waals surface area contributed by atoms with Crippen molar-refractivity contribution in [3.63, 3.8) is 0 Å². The monoisotopic (exact) mass is 375 g/mol. The smallest absolute Gasteiger partial charge is 0.323 e. The largest absolute Gasteiger partial charge is 0.480 e. The molecule has 0 aliphatic carbocycles. The van der Waals surface area contributed by atoms with Crippen LogP contribution in [-0.4, -0.2) is 39.5 Å². The van der Waals surface area contributed by atoms with Gasteiger partial charge in [0.1, 0.15) is 5.76 Å². The molecule has 0 saturated heterocycles. The third kappa shape index (κ3) is 4.54. The highest BCUT2D eigenvalue weighted by Gasteiger charge is 2.48. The lowest BCUT2D eigenvalue weighted by Gasteiger charge is -2.29. The summed E-state index contributed by atoms with van der Waals surface area (Å²) in [5.74, 6) is -2.16. The molecule has 1 aromatic carbocycles. The van der Waals surface area contributed by atoms with Crippen molar-refractivity contribution in [2.45, 2.75) is 46.6 Å². The summed E-state index contributed by atoms with van der Waals surface area (Å²) >= 11 is 0. The highest BCUT2D eigenvalue weighted by Crippen LogP contribution is 2.30. The molecule has 0 atom stereocenters.